The Labute approximate surface area is 177 Å². The molecule has 0 atom stereocenters. The number of hydrogen-bond donors (Lipinski definition) is 0. The van der Waals surface area contributed by atoms with E-state index in [0.29, 0.717) is 58.1 Å². The van der Waals surface area contributed by atoms with Crippen molar-refractivity contribution in [2.24, 2.45) is 11.3 Å². The minimum atomic E-state index is -0.420. The van der Waals surface area contributed by atoms with E-state index in [1.54, 1.807) is 23.4 Å². The van der Waals surface area contributed by atoms with Gasteiger partial charge in [0.15, 0.2) is 6.61 Å². The number of nitrogens with zero attached hydrogens (tertiary/aromatic N) is 5. The maximum atomic E-state index is 12.4. The van der Waals surface area contributed by atoms with Crippen LogP contribution >= 0.6 is 0 Å². The van der Waals surface area contributed by atoms with Crippen LogP contribution in [0.2, 0.25) is 0 Å². The second kappa shape index (κ2) is 9.40. The van der Waals surface area contributed by atoms with Gasteiger partial charge in [-0.2, -0.15) is 0 Å². The normalized spacial score (nSPS) is 18.3. The van der Waals surface area contributed by atoms with Crippen molar-refractivity contribution < 1.29 is 19.1 Å². The molecule has 0 bridgehead atoms. The summed E-state index contributed by atoms with van der Waals surface area (Å²) < 4.78 is 5.30. The first-order valence-electron chi connectivity index (χ1n) is 10.5. The van der Waals surface area contributed by atoms with Crippen LogP contribution in [-0.2, 0) is 19.1 Å². The number of amides is 2. The van der Waals surface area contributed by atoms with E-state index < -0.39 is 5.41 Å². The molecular weight excluding hydrogens is 386 g/mol. The zero-order chi connectivity index (χ0) is 21.7. The molecule has 2 amide bonds. The summed E-state index contributed by atoms with van der Waals surface area (Å²) in [6.07, 6.45) is 4.54. The average Bonchev–Trinajstić information content (AvgIpc) is 2.77. The fourth-order valence-electron chi connectivity index (χ4n) is 3.75. The maximum Gasteiger partial charge on any atom is 0.309 e. The maximum absolute atomic E-state index is 12.4. The lowest BCUT2D eigenvalue weighted by atomic mass is 9.91. The van der Waals surface area contributed by atoms with Gasteiger partial charge >= 0.3 is 5.97 Å². The van der Waals surface area contributed by atoms with E-state index in [9.17, 15) is 14.4 Å². The van der Waals surface area contributed by atoms with E-state index in [1.165, 1.54) is 0 Å². The Morgan fingerprint density at radius 2 is 1.57 bits per heavy atom. The molecule has 2 saturated heterocycles. The van der Waals surface area contributed by atoms with Gasteiger partial charge in [0.05, 0.1) is 5.92 Å². The molecule has 0 aromatic carbocycles. The zero-order valence-corrected chi connectivity index (χ0v) is 18.0. The number of likely N-dealkylation sites (tertiary alicyclic amines) is 1. The topological polar surface area (TPSA) is 95.9 Å². The first kappa shape index (κ1) is 22.0. The molecular formula is C21H31N5O4. The van der Waals surface area contributed by atoms with E-state index in [4.69, 9.17) is 4.74 Å². The molecule has 1 aromatic heterocycles. The monoisotopic (exact) mass is 417 g/mol. The van der Waals surface area contributed by atoms with Crippen molar-refractivity contribution in [3.8, 4) is 0 Å². The van der Waals surface area contributed by atoms with Crippen LogP contribution < -0.4 is 4.90 Å². The summed E-state index contributed by atoms with van der Waals surface area (Å²) in [6, 6.07) is 1.77. The van der Waals surface area contributed by atoms with Crippen LogP contribution in [-0.4, -0.2) is 83.4 Å². The van der Waals surface area contributed by atoms with E-state index >= 15 is 0 Å². The molecule has 2 aliphatic heterocycles. The summed E-state index contributed by atoms with van der Waals surface area (Å²) in [5, 5.41) is 0. The number of piperidine rings is 1. The Kier molecular flexibility index (Phi) is 6.89. The fourth-order valence-corrected chi connectivity index (χ4v) is 3.75. The number of esters is 1. The lowest BCUT2D eigenvalue weighted by Gasteiger charge is -2.35. The number of hydrogen-bond acceptors (Lipinski definition) is 7. The molecule has 0 aliphatic carbocycles. The third-order valence-corrected chi connectivity index (χ3v) is 5.56. The molecule has 164 valence electrons. The Balaban J connectivity index is 1.38. The molecule has 3 rings (SSSR count). The van der Waals surface area contributed by atoms with Crippen molar-refractivity contribution in [1.82, 2.24) is 19.8 Å². The van der Waals surface area contributed by atoms with E-state index in [2.05, 4.69) is 9.97 Å². The standard InChI is InChI=1S/C21H31N5O4/c1-21(2,3)19(29)25-9-5-16(6-10-25)18(28)30-15-17(27)24-11-13-26(14-12-24)20-22-7-4-8-23-20/h4,7-8,16H,5-6,9-15H2,1-3H3. The van der Waals surface area contributed by atoms with Crippen LogP contribution in [0.4, 0.5) is 5.95 Å². The second-order valence-corrected chi connectivity index (χ2v) is 8.84. The molecule has 3 heterocycles. The molecule has 0 radical (unpaired) electrons. The Morgan fingerprint density at radius 3 is 2.13 bits per heavy atom. The van der Waals surface area contributed by atoms with Gasteiger partial charge < -0.3 is 19.4 Å². The Bertz CT molecular complexity index is 748. The first-order chi connectivity index (χ1) is 14.3. The van der Waals surface area contributed by atoms with Gasteiger partial charge in [-0.15, -0.1) is 0 Å². The van der Waals surface area contributed by atoms with Crippen molar-refractivity contribution >= 4 is 23.7 Å². The van der Waals surface area contributed by atoms with E-state index in [0.717, 1.165) is 0 Å². The molecule has 0 saturated carbocycles. The molecule has 2 fully saturated rings. The number of piperazine rings is 1. The number of carbonyl (C=O) groups is 3. The molecule has 0 spiro atoms. The highest BCUT2D eigenvalue weighted by Crippen LogP contribution is 2.24. The van der Waals surface area contributed by atoms with Crippen molar-refractivity contribution in [3.63, 3.8) is 0 Å². The molecule has 1 aromatic rings. The zero-order valence-electron chi connectivity index (χ0n) is 18.0. The van der Waals surface area contributed by atoms with Crippen LogP contribution in [0.15, 0.2) is 18.5 Å². The smallest absolute Gasteiger partial charge is 0.309 e. The molecule has 0 N–H and O–H groups in total. The molecule has 9 heteroatoms. The van der Waals surface area contributed by atoms with Crippen molar-refractivity contribution in [2.75, 3.05) is 50.8 Å². The van der Waals surface area contributed by atoms with Gasteiger partial charge in [-0.3, -0.25) is 14.4 Å². The predicted molar refractivity (Wildman–Crippen MR) is 111 cm³/mol. The van der Waals surface area contributed by atoms with Crippen molar-refractivity contribution in [2.45, 2.75) is 33.6 Å². The summed E-state index contributed by atoms with van der Waals surface area (Å²) in [7, 11) is 0. The van der Waals surface area contributed by atoms with Crippen LogP contribution in [0.25, 0.3) is 0 Å². The lowest BCUT2D eigenvalue weighted by Crippen LogP contribution is -2.50. The lowest BCUT2D eigenvalue weighted by molar-refractivity contribution is -0.158. The third-order valence-electron chi connectivity index (χ3n) is 5.56. The predicted octanol–water partition coefficient (Wildman–Crippen LogP) is 0.953. The number of anilines is 1. The van der Waals surface area contributed by atoms with Gasteiger partial charge in [0.2, 0.25) is 11.9 Å². The van der Waals surface area contributed by atoms with Gasteiger partial charge in [-0.05, 0) is 18.9 Å². The van der Waals surface area contributed by atoms with Crippen LogP contribution in [0.1, 0.15) is 33.6 Å². The number of rotatable bonds is 4. The molecule has 0 unspecified atom stereocenters. The molecule has 30 heavy (non-hydrogen) atoms. The second-order valence-electron chi connectivity index (χ2n) is 8.84. The fraction of sp³-hybridized carbons (Fsp3) is 0.667. The van der Waals surface area contributed by atoms with Gasteiger partial charge in [0.25, 0.3) is 5.91 Å². The van der Waals surface area contributed by atoms with Crippen LogP contribution in [0.3, 0.4) is 0 Å². The highest BCUT2D eigenvalue weighted by Gasteiger charge is 2.33. The highest BCUT2D eigenvalue weighted by atomic mass is 16.5. The Morgan fingerprint density at radius 1 is 0.967 bits per heavy atom. The van der Waals surface area contributed by atoms with E-state index in [1.807, 2.05) is 30.6 Å². The number of ether oxygens (including phenoxy) is 1. The SMILES string of the molecule is CC(C)(C)C(=O)N1CCC(C(=O)OCC(=O)N2CCN(c3ncccn3)CC2)CC1. The number of carbonyl (C=O) groups excluding carboxylic acids is 3. The summed E-state index contributed by atoms with van der Waals surface area (Å²) in [5.41, 5.74) is -0.420. The first-order valence-corrected chi connectivity index (χ1v) is 10.5. The van der Waals surface area contributed by atoms with Gasteiger partial charge in [0, 0.05) is 57.1 Å². The minimum Gasteiger partial charge on any atom is -0.455 e. The molecule has 9 nitrogen and oxygen atoms in total. The quantitative estimate of drug-likeness (QED) is 0.673. The van der Waals surface area contributed by atoms with Gasteiger partial charge in [-0.1, -0.05) is 20.8 Å². The van der Waals surface area contributed by atoms with Crippen LogP contribution in [0, 0.1) is 11.3 Å². The highest BCUT2D eigenvalue weighted by molar-refractivity contribution is 5.83. The third kappa shape index (κ3) is 5.46. The Hall–Kier alpha value is -2.71. The van der Waals surface area contributed by atoms with Crippen molar-refractivity contribution in [1.29, 1.82) is 0 Å². The minimum absolute atomic E-state index is 0.101. The van der Waals surface area contributed by atoms with Crippen LogP contribution in [0.5, 0.6) is 0 Å². The number of aromatic nitrogens is 2. The summed E-state index contributed by atoms with van der Waals surface area (Å²) in [4.78, 5) is 51.2. The largest absolute Gasteiger partial charge is 0.455 e. The van der Waals surface area contributed by atoms with Crippen molar-refractivity contribution in [3.05, 3.63) is 18.5 Å². The summed E-state index contributed by atoms with van der Waals surface area (Å²) in [5.74, 6) is -0.0226. The summed E-state index contributed by atoms with van der Waals surface area (Å²) in [6.45, 7) is 8.93. The van der Waals surface area contributed by atoms with Gasteiger partial charge in [-0.25, -0.2) is 9.97 Å². The van der Waals surface area contributed by atoms with E-state index in [-0.39, 0.29) is 30.3 Å². The average molecular weight is 418 g/mol. The van der Waals surface area contributed by atoms with Gasteiger partial charge in [0.1, 0.15) is 0 Å². The summed E-state index contributed by atoms with van der Waals surface area (Å²) >= 11 is 0. The molecule has 2 aliphatic rings.